The van der Waals surface area contributed by atoms with Gasteiger partial charge >= 0.3 is 0 Å². The molecule has 2 N–H and O–H groups in total. The first-order chi connectivity index (χ1) is 8.70. The number of carbonyl (C=O) groups excluding carboxylic acids is 1. The Morgan fingerprint density at radius 3 is 2.83 bits per heavy atom. The van der Waals surface area contributed by atoms with Gasteiger partial charge in [-0.05, 0) is 31.9 Å². The van der Waals surface area contributed by atoms with Gasteiger partial charge in [-0.15, -0.1) is 0 Å². The van der Waals surface area contributed by atoms with Crippen LogP contribution in [0, 0.1) is 0 Å². The Hall–Kier alpha value is -1.29. The van der Waals surface area contributed by atoms with E-state index in [-0.39, 0.29) is 11.9 Å². The highest BCUT2D eigenvalue weighted by molar-refractivity contribution is 6.33. The first-order valence-electron chi connectivity index (χ1n) is 6.42. The van der Waals surface area contributed by atoms with Crippen molar-refractivity contribution in [3.8, 4) is 0 Å². The standard InChI is InChI=1S/C13H18ClN3O/c1-2-15-11-8-7-10(14)12(17-11)13(18)16-9-5-3-4-6-9/h7-9H,2-6H2,1H3,(H,15,17)(H,16,18). The Morgan fingerprint density at radius 2 is 2.17 bits per heavy atom. The molecule has 0 radical (unpaired) electrons. The molecule has 18 heavy (non-hydrogen) atoms. The highest BCUT2D eigenvalue weighted by atomic mass is 35.5. The van der Waals surface area contributed by atoms with Gasteiger partial charge in [-0.2, -0.15) is 0 Å². The maximum Gasteiger partial charge on any atom is 0.271 e. The predicted octanol–water partition coefficient (Wildman–Crippen LogP) is 2.84. The number of halogens is 1. The van der Waals surface area contributed by atoms with Gasteiger partial charge in [-0.1, -0.05) is 24.4 Å². The Morgan fingerprint density at radius 1 is 1.44 bits per heavy atom. The van der Waals surface area contributed by atoms with Crippen LogP contribution in [0.4, 0.5) is 5.82 Å². The van der Waals surface area contributed by atoms with Crippen LogP contribution >= 0.6 is 11.6 Å². The van der Waals surface area contributed by atoms with Gasteiger partial charge in [0.25, 0.3) is 5.91 Å². The number of nitrogens with one attached hydrogen (secondary N) is 2. The van der Waals surface area contributed by atoms with E-state index in [1.54, 1.807) is 12.1 Å². The molecular formula is C13H18ClN3O. The zero-order valence-electron chi connectivity index (χ0n) is 10.5. The second kappa shape index (κ2) is 6.05. The van der Waals surface area contributed by atoms with Crippen molar-refractivity contribution in [2.45, 2.75) is 38.6 Å². The first-order valence-corrected chi connectivity index (χ1v) is 6.79. The number of aromatic nitrogens is 1. The average Bonchev–Trinajstić information content (AvgIpc) is 2.84. The smallest absolute Gasteiger partial charge is 0.271 e. The minimum absolute atomic E-state index is 0.174. The molecule has 0 aliphatic heterocycles. The number of rotatable bonds is 4. The van der Waals surface area contributed by atoms with Crippen molar-refractivity contribution in [3.63, 3.8) is 0 Å². The van der Waals surface area contributed by atoms with Gasteiger partial charge < -0.3 is 10.6 Å². The van der Waals surface area contributed by atoms with Crippen molar-refractivity contribution in [3.05, 3.63) is 22.8 Å². The third-order valence-electron chi connectivity index (χ3n) is 3.11. The van der Waals surface area contributed by atoms with Crippen LogP contribution in [0.25, 0.3) is 0 Å². The fraction of sp³-hybridized carbons (Fsp3) is 0.538. The van der Waals surface area contributed by atoms with Crippen LogP contribution in [0.5, 0.6) is 0 Å². The minimum Gasteiger partial charge on any atom is -0.370 e. The summed E-state index contributed by atoms with van der Waals surface area (Å²) in [6.07, 6.45) is 4.47. The summed E-state index contributed by atoms with van der Waals surface area (Å²) in [4.78, 5) is 16.3. The lowest BCUT2D eigenvalue weighted by Gasteiger charge is -2.13. The summed E-state index contributed by atoms with van der Waals surface area (Å²) >= 11 is 6.03. The Labute approximate surface area is 112 Å². The molecule has 1 heterocycles. The molecule has 1 saturated carbocycles. The van der Waals surface area contributed by atoms with Crippen molar-refractivity contribution >= 4 is 23.3 Å². The maximum atomic E-state index is 12.1. The van der Waals surface area contributed by atoms with Gasteiger partial charge in [0.1, 0.15) is 11.5 Å². The molecule has 0 bridgehead atoms. The lowest BCUT2D eigenvalue weighted by Crippen LogP contribution is -2.33. The molecule has 0 aromatic carbocycles. The van der Waals surface area contributed by atoms with E-state index in [1.165, 1.54) is 12.8 Å². The molecule has 0 spiro atoms. The van der Waals surface area contributed by atoms with E-state index in [0.717, 1.165) is 19.4 Å². The van der Waals surface area contributed by atoms with Crippen LogP contribution < -0.4 is 10.6 Å². The summed E-state index contributed by atoms with van der Waals surface area (Å²) in [6, 6.07) is 3.76. The zero-order chi connectivity index (χ0) is 13.0. The molecule has 1 fully saturated rings. The van der Waals surface area contributed by atoms with E-state index in [1.807, 2.05) is 6.92 Å². The zero-order valence-corrected chi connectivity index (χ0v) is 11.3. The number of pyridine rings is 1. The Balaban J connectivity index is 2.09. The summed E-state index contributed by atoms with van der Waals surface area (Å²) in [6.45, 7) is 2.74. The highest BCUT2D eigenvalue weighted by Gasteiger charge is 2.20. The molecular weight excluding hydrogens is 250 g/mol. The van der Waals surface area contributed by atoms with Gasteiger partial charge in [0.2, 0.25) is 0 Å². The third-order valence-corrected chi connectivity index (χ3v) is 3.41. The summed E-state index contributed by atoms with van der Waals surface area (Å²) in [5.41, 5.74) is 0.307. The van der Waals surface area contributed by atoms with Crippen LogP contribution in [-0.4, -0.2) is 23.5 Å². The van der Waals surface area contributed by atoms with Gasteiger partial charge in [-0.3, -0.25) is 4.79 Å². The van der Waals surface area contributed by atoms with Gasteiger partial charge in [0, 0.05) is 12.6 Å². The van der Waals surface area contributed by atoms with E-state index >= 15 is 0 Å². The number of carbonyl (C=O) groups is 1. The summed E-state index contributed by atoms with van der Waals surface area (Å²) in [5.74, 6) is 0.505. The van der Waals surface area contributed by atoms with Gasteiger partial charge in [0.05, 0.1) is 5.02 Å². The van der Waals surface area contributed by atoms with E-state index < -0.39 is 0 Å². The molecule has 2 rings (SSSR count). The molecule has 1 aromatic heterocycles. The van der Waals surface area contributed by atoms with Crippen LogP contribution in [0.3, 0.4) is 0 Å². The number of nitrogens with zero attached hydrogens (tertiary/aromatic N) is 1. The minimum atomic E-state index is -0.174. The SMILES string of the molecule is CCNc1ccc(Cl)c(C(=O)NC2CCCC2)n1. The molecule has 1 amide bonds. The summed E-state index contributed by atoms with van der Waals surface area (Å²) in [5, 5.41) is 6.46. The summed E-state index contributed by atoms with van der Waals surface area (Å²) in [7, 11) is 0. The van der Waals surface area contributed by atoms with E-state index in [4.69, 9.17) is 11.6 Å². The monoisotopic (exact) mass is 267 g/mol. The Bertz CT molecular complexity index is 430. The fourth-order valence-electron chi connectivity index (χ4n) is 2.20. The number of amides is 1. The molecule has 0 unspecified atom stereocenters. The lowest BCUT2D eigenvalue weighted by molar-refractivity contribution is 0.0933. The van der Waals surface area contributed by atoms with E-state index in [9.17, 15) is 4.79 Å². The van der Waals surface area contributed by atoms with Crippen LogP contribution in [0.2, 0.25) is 5.02 Å². The summed E-state index contributed by atoms with van der Waals surface area (Å²) < 4.78 is 0. The topological polar surface area (TPSA) is 54.0 Å². The highest BCUT2D eigenvalue weighted by Crippen LogP contribution is 2.20. The quantitative estimate of drug-likeness (QED) is 0.882. The van der Waals surface area contributed by atoms with Crippen molar-refractivity contribution in [1.29, 1.82) is 0 Å². The molecule has 4 nitrogen and oxygen atoms in total. The molecule has 1 aromatic rings. The van der Waals surface area contributed by atoms with Gasteiger partial charge in [0.15, 0.2) is 0 Å². The molecule has 1 aliphatic carbocycles. The lowest BCUT2D eigenvalue weighted by atomic mass is 10.2. The van der Waals surface area contributed by atoms with Crippen molar-refractivity contribution in [2.24, 2.45) is 0 Å². The van der Waals surface area contributed by atoms with Crippen molar-refractivity contribution in [1.82, 2.24) is 10.3 Å². The van der Waals surface area contributed by atoms with Crippen LogP contribution in [-0.2, 0) is 0 Å². The molecule has 0 atom stereocenters. The van der Waals surface area contributed by atoms with Crippen molar-refractivity contribution in [2.75, 3.05) is 11.9 Å². The maximum absolute atomic E-state index is 12.1. The normalized spacial score (nSPS) is 15.7. The van der Waals surface area contributed by atoms with Crippen LogP contribution in [0.15, 0.2) is 12.1 Å². The number of hydrogen-bond donors (Lipinski definition) is 2. The van der Waals surface area contributed by atoms with E-state index in [2.05, 4.69) is 15.6 Å². The number of hydrogen-bond acceptors (Lipinski definition) is 3. The molecule has 5 heteroatoms. The second-order valence-electron chi connectivity index (χ2n) is 4.51. The van der Waals surface area contributed by atoms with Gasteiger partial charge in [-0.25, -0.2) is 4.98 Å². The fourth-order valence-corrected chi connectivity index (χ4v) is 2.40. The van der Waals surface area contributed by atoms with Crippen molar-refractivity contribution < 1.29 is 4.79 Å². The average molecular weight is 268 g/mol. The van der Waals surface area contributed by atoms with E-state index in [0.29, 0.717) is 16.5 Å². The molecule has 98 valence electrons. The second-order valence-corrected chi connectivity index (χ2v) is 4.92. The predicted molar refractivity (Wildman–Crippen MR) is 73.1 cm³/mol. The number of anilines is 1. The molecule has 0 saturated heterocycles. The largest absolute Gasteiger partial charge is 0.370 e. The Kier molecular flexibility index (Phi) is 4.42. The third kappa shape index (κ3) is 3.13. The molecule has 1 aliphatic rings. The van der Waals surface area contributed by atoms with Crippen LogP contribution in [0.1, 0.15) is 43.1 Å². The first kappa shape index (κ1) is 13.1.